The van der Waals surface area contributed by atoms with Crippen LogP contribution in [0, 0.1) is 22.7 Å². The Morgan fingerprint density at radius 1 is 1.18 bits per heavy atom. The molecule has 39 heavy (non-hydrogen) atoms. The minimum absolute atomic E-state index is 0.00277. The molecule has 3 heterocycles. The van der Waals surface area contributed by atoms with Gasteiger partial charge in [-0.1, -0.05) is 13.8 Å². The number of nitrogens with zero attached hydrogens (tertiary/aromatic N) is 1. The van der Waals surface area contributed by atoms with Crippen molar-refractivity contribution in [2.45, 2.75) is 77.8 Å². The monoisotopic (exact) mass is 541 g/mol. The van der Waals surface area contributed by atoms with Crippen LogP contribution in [-0.2, 0) is 19.1 Å². The number of aliphatic hydroxyl groups is 2. The molecule has 2 aromatic heterocycles. The van der Waals surface area contributed by atoms with Gasteiger partial charge in [0.15, 0.2) is 0 Å². The van der Waals surface area contributed by atoms with Crippen molar-refractivity contribution in [3.05, 3.63) is 46.6 Å². The molecule has 3 unspecified atom stereocenters. The Hall–Kier alpha value is -3.24. The standard InChI is InChI=1S/C29H35NO9/c1-15(31)36-14-28(4)20-12-21(33)29(5)25(27(20,3)9-8-22(28)37-16(2)32)24(34)23-19(39-29)11-18(38-26(23)35)17-7-6-10-30-13-17/h6-7,10-11,13,20-22,24-25,33-34H,8-9,12,14H2,1-5H3/t20?,21?,22-,24-,25?,27-,28-,29+/m0/s1. The zero-order chi connectivity index (χ0) is 28.3. The van der Waals surface area contributed by atoms with Crippen molar-refractivity contribution in [1.82, 2.24) is 4.98 Å². The summed E-state index contributed by atoms with van der Waals surface area (Å²) in [4.78, 5) is 41.1. The molecular formula is C29H35NO9. The highest BCUT2D eigenvalue weighted by Crippen LogP contribution is 2.67. The second kappa shape index (κ2) is 9.45. The number of carbonyl (C=O) groups excluding carboxylic acids is 2. The summed E-state index contributed by atoms with van der Waals surface area (Å²) in [5.74, 6) is -1.58. The van der Waals surface area contributed by atoms with Gasteiger partial charge in [0.25, 0.3) is 0 Å². The van der Waals surface area contributed by atoms with Gasteiger partial charge < -0.3 is 28.8 Å². The number of aliphatic hydroxyl groups excluding tert-OH is 2. The van der Waals surface area contributed by atoms with Crippen LogP contribution in [0.15, 0.2) is 39.8 Å². The molecule has 1 aliphatic heterocycles. The van der Waals surface area contributed by atoms with Crippen LogP contribution in [0.5, 0.6) is 5.75 Å². The van der Waals surface area contributed by atoms with Crippen LogP contribution in [0.1, 0.15) is 65.5 Å². The van der Waals surface area contributed by atoms with Gasteiger partial charge >= 0.3 is 17.6 Å². The Balaban J connectivity index is 1.61. The fraction of sp³-hybridized carbons (Fsp3) is 0.586. The maximum Gasteiger partial charge on any atom is 0.345 e. The smallest absolute Gasteiger partial charge is 0.345 e. The van der Waals surface area contributed by atoms with E-state index >= 15 is 0 Å². The average molecular weight is 542 g/mol. The molecule has 3 aliphatic rings. The Morgan fingerprint density at radius 3 is 2.56 bits per heavy atom. The van der Waals surface area contributed by atoms with E-state index in [0.29, 0.717) is 18.4 Å². The van der Waals surface area contributed by atoms with E-state index in [1.165, 1.54) is 13.8 Å². The number of hydrogen-bond acceptors (Lipinski definition) is 10. The number of ether oxygens (including phenoxy) is 3. The first-order valence-corrected chi connectivity index (χ1v) is 13.3. The van der Waals surface area contributed by atoms with Gasteiger partial charge in [-0.15, -0.1) is 0 Å². The fourth-order valence-corrected chi connectivity index (χ4v) is 7.69. The summed E-state index contributed by atoms with van der Waals surface area (Å²) in [5.41, 5.74) is -2.94. The topological polar surface area (TPSA) is 145 Å². The van der Waals surface area contributed by atoms with Gasteiger partial charge in [-0.3, -0.25) is 14.6 Å². The lowest BCUT2D eigenvalue weighted by Crippen LogP contribution is -2.71. The number of pyridine rings is 1. The second-order valence-corrected chi connectivity index (χ2v) is 11.9. The van der Waals surface area contributed by atoms with Crippen molar-refractivity contribution in [2.24, 2.45) is 22.7 Å². The van der Waals surface area contributed by atoms with E-state index in [1.54, 1.807) is 37.5 Å². The lowest BCUT2D eigenvalue weighted by atomic mass is 9.42. The summed E-state index contributed by atoms with van der Waals surface area (Å²) >= 11 is 0. The third kappa shape index (κ3) is 4.24. The van der Waals surface area contributed by atoms with Crippen LogP contribution in [-0.4, -0.2) is 51.6 Å². The van der Waals surface area contributed by atoms with Gasteiger partial charge in [-0.2, -0.15) is 0 Å². The first-order chi connectivity index (χ1) is 18.3. The normalized spacial score (nSPS) is 36.9. The van der Waals surface area contributed by atoms with Crippen LogP contribution in [0.4, 0.5) is 0 Å². The predicted molar refractivity (Wildman–Crippen MR) is 137 cm³/mol. The van der Waals surface area contributed by atoms with Gasteiger partial charge in [-0.25, -0.2) is 4.79 Å². The Bertz CT molecular complexity index is 1340. The summed E-state index contributed by atoms with van der Waals surface area (Å²) in [6.07, 6.45) is 1.46. The molecule has 2 N–H and O–H groups in total. The van der Waals surface area contributed by atoms with E-state index in [4.69, 9.17) is 18.6 Å². The Morgan fingerprint density at radius 2 is 1.92 bits per heavy atom. The van der Waals surface area contributed by atoms with Crippen molar-refractivity contribution < 1.29 is 38.4 Å². The van der Waals surface area contributed by atoms with E-state index in [2.05, 4.69) is 4.98 Å². The number of fused-ring (bicyclic) bond motifs is 4. The van der Waals surface area contributed by atoms with Gasteiger partial charge in [0, 0.05) is 49.2 Å². The number of carbonyl (C=O) groups is 2. The molecule has 0 radical (unpaired) electrons. The van der Waals surface area contributed by atoms with E-state index in [1.807, 2.05) is 13.8 Å². The molecule has 8 atom stereocenters. The SMILES string of the molecule is CC(=O)OC[C@@]1(C)C2CC(O)[C@@]3(C)Oc4cc(-c5cccnc5)oc(=O)c4[C@H](O)C3[C@@]2(C)CC[C@@H]1OC(C)=O. The highest BCUT2D eigenvalue weighted by molar-refractivity contribution is 5.67. The summed E-state index contributed by atoms with van der Waals surface area (Å²) in [7, 11) is 0. The van der Waals surface area contributed by atoms with E-state index < -0.39 is 58.2 Å². The highest BCUT2D eigenvalue weighted by atomic mass is 16.6. The maximum absolute atomic E-state index is 13.3. The lowest BCUT2D eigenvalue weighted by Gasteiger charge is -2.66. The lowest BCUT2D eigenvalue weighted by molar-refractivity contribution is -0.267. The Labute approximate surface area is 226 Å². The molecule has 2 fully saturated rings. The highest BCUT2D eigenvalue weighted by Gasteiger charge is 2.69. The zero-order valence-electron chi connectivity index (χ0n) is 22.8. The largest absolute Gasteiger partial charge is 0.484 e. The molecule has 0 amide bonds. The first kappa shape index (κ1) is 27.3. The number of esters is 2. The molecule has 2 aromatic rings. The van der Waals surface area contributed by atoms with Crippen LogP contribution < -0.4 is 10.4 Å². The fourth-order valence-electron chi connectivity index (χ4n) is 7.69. The minimum Gasteiger partial charge on any atom is -0.484 e. The molecular weight excluding hydrogens is 506 g/mol. The summed E-state index contributed by atoms with van der Waals surface area (Å²) in [5, 5.41) is 23.5. The van der Waals surface area contributed by atoms with Crippen LogP contribution in [0.25, 0.3) is 11.3 Å². The molecule has 0 spiro atoms. The molecule has 10 heteroatoms. The molecule has 0 saturated heterocycles. The van der Waals surface area contributed by atoms with Crippen molar-refractivity contribution in [1.29, 1.82) is 0 Å². The van der Waals surface area contributed by atoms with Crippen LogP contribution >= 0.6 is 0 Å². The van der Waals surface area contributed by atoms with Crippen LogP contribution in [0.3, 0.4) is 0 Å². The van der Waals surface area contributed by atoms with Crippen molar-refractivity contribution in [2.75, 3.05) is 6.61 Å². The molecule has 210 valence electrons. The third-order valence-electron chi connectivity index (χ3n) is 9.45. The van der Waals surface area contributed by atoms with Gasteiger partial charge in [0.2, 0.25) is 0 Å². The second-order valence-electron chi connectivity index (χ2n) is 11.9. The summed E-state index contributed by atoms with van der Waals surface area (Å²) < 4.78 is 23.2. The molecule has 0 bridgehead atoms. The molecule has 10 nitrogen and oxygen atoms in total. The molecule has 5 rings (SSSR count). The number of rotatable bonds is 4. The molecule has 0 aromatic carbocycles. The number of hydrogen-bond donors (Lipinski definition) is 2. The predicted octanol–water partition coefficient (Wildman–Crippen LogP) is 3.18. The quantitative estimate of drug-likeness (QED) is 0.554. The molecule has 2 saturated carbocycles. The van der Waals surface area contributed by atoms with Gasteiger partial charge in [0.05, 0.1) is 12.2 Å². The average Bonchev–Trinajstić information content (AvgIpc) is 2.86. The van der Waals surface area contributed by atoms with Crippen molar-refractivity contribution in [3.8, 4) is 17.1 Å². The zero-order valence-corrected chi connectivity index (χ0v) is 22.8. The summed E-state index contributed by atoms with van der Waals surface area (Å²) in [6.45, 7) is 8.28. The van der Waals surface area contributed by atoms with E-state index in [9.17, 15) is 24.6 Å². The summed E-state index contributed by atoms with van der Waals surface area (Å²) in [6, 6.07) is 5.02. The third-order valence-corrected chi connectivity index (χ3v) is 9.45. The van der Waals surface area contributed by atoms with E-state index in [0.717, 1.165) is 0 Å². The number of aromatic nitrogens is 1. The first-order valence-electron chi connectivity index (χ1n) is 13.3. The van der Waals surface area contributed by atoms with Crippen molar-refractivity contribution >= 4 is 11.9 Å². The maximum atomic E-state index is 13.3. The van der Waals surface area contributed by atoms with Gasteiger partial charge in [0.1, 0.15) is 35.4 Å². The van der Waals surface area contributed by atoms with Crippen molar-refractivity contribution in [3.63, 3.8) is 0 Å². The minimum atomic E-state index is -1.30. The molecule has 2 aliphatic carbocycles. The van der Waals surface area contributed by atoms with Crippen LogP contribution in [0.2, 0.25) is 0 Å². The van der Waals surface area contributed by atoms with E-state index in [-0.39, 0.29) is 36.0 Å². The van der Waals surface area contributed by atoms with Gasteiger partial charge in [-0.05, 0) is 49.7 Å². The Kier molecular flexibility index (Phi) is 6.62.